The van der Waals surface area contributed by atoms with Gasteiger partial charge in [0.05, 0.1) is 0 Å². The average Bonchev–Trinajstić information content (AvgIpc) is 3.10. The van der Waals surface area contributed by atoms with Gasteiger partial charge in [0.25, 0.3) is 0 Å². The standard InChI is InChI=1S/C18H21N3O2S.HI/c1-19-18(20-9-10-24-15-5-3-2-4-6-15)21-12-14-7-8-16-17(11-14)23-13-22-16;/h2-8,11H,9-10,12-13H2,1H3,(H2,19,20,21);1H. The smallest absolute Gasteiger partial charge is 0.231 e. The van der Waals surface area contributed by atoms with E-state index in [0.717, 1.165) is 35.3 Å². The Morgan fingerprint density at radius 3 is 2.68 bits per heavy atom. The van der Waals surface area contributed by atoms with Crippen molar-refractivity contribution in [3.63, 3.8) is 0 Å². The number of nitrogens with zero attached hydrogens (tertiary/aromatic N) is 1. The molecule has 0 aliphatic carbocycles. The Labute approximate surface area is 169 Å². The lowest BCUT2D eigenvalue weighted by molar-refractivity contribution is 0.174. The minimum atomic E-state index is 0. The lowest BCUT2D eigenvalue weighted by Crippen LogP contribution is -2.37. The van der Waals surface area contributed by atoms with Crippen LogP contribution in [0, 0.1) is 0 Å². The lowest BCUT2D eigenvalue weighted by Gasteiger charge is -2.12. The van der Waals surface area contributed by atoms with Crippen LogP contribution in [0.2, 0.25) is 0 Å². The topological polar surface area (TPSA) is 54.9 Å². The number of aliphatic imine (C=N–C) groups is 1. The van der Waals surface area contributed by atoms with Gasteiger partial charge in [-0.25, -0.2) is 0 Å². The molecule has 0 bridgehead atoms. The number of thioether (sulfide) groups is 1. The second-order valence-corrected chi connectivity index (χ2v) is 6.37. The van der Waals surface area contributed by atoms with Gasteiger partial charge in [0, 0.05) is 30.8 Å². The Hall–Kier alpha value is -1.61. The van der Waals surface area contributed by atoms with Gasteiger partial charge in [-0.1, -0.05) is 24.3 Å². The first-order chi connectivity index (χ1) is 11.8. The molecule has 0 saturated carbocycles. The van der Waals surface area contributed by atoms with Crippen molar-refractivity contribution in [1.29, 1.82) is 0 Å². The third-order valence-corrected chi connectivity index (χ3v) is 4.54. The van der Waals surface area contributed by atoms with Crippen molar-refractivity contribution in [3.8, 4) is 11.5 Å². The summed E-state index contributed by atoms with van der Waals surface area (Å²) in [5.74, 6) is 3.38. The third kappa shape index (κ3) is 6.00. The summed E-state index contributed by atoms with van der Waals surface area (Å²) in [4.78, 5) is 5.53. The first kappa shape index (κ1) is 19.7. The van der Waals surface area contributed by atoms with Crippen LogP contribution in [0.4, 0.5) is 0 Å². The predicted octanol–water partition coefficient (Wildman–Crippen LogP) is 3.49. The highest BCUT2D eigenvalue weighted by Gasteiger charge is 2.13. The van der Waals surface area contributed by atoms with Crippen LogP contribution in [-0.2, 0) is 6.54 Å². The van der Waals surface area contributed by atoms with E-state index in [1.165, 1.54) is 4.90 Å². The van der Waals surface area contributed by atoms with Gasteiger partial charge in [0.2, 0.25) is 6.79 Å². The molecular formula is C18H22IN3O2S. The van der Waals surface area contributed by atoms with Crippen LogP contribution in [0.5, 0.6) is 11.5 Å². The highest BCUT2D eigenvalue weighted by Crippen LogP contribution is 2.32. The van der Waals surface area contributed by atoms with E-state index in [1.807, 2.05) is 36.0 Å². The average molecular weight is 471 g/mol. The Morgan fingerprint density at radius 1 is 1.08 bits per heavy atom. The second-order valence-electron chi connectivity index (χ2n) is 5.20. The fraction of sp³-hybridized carbons (Fsp3) is 0.278. The number of ether oxygens (including phenoxy) is 2. The van der Waals surface area contributed by atoms with Crippen LogP contribution in [0.1, 0.15) is 5.56 Å². The van der Waals surface area contributed by atoms with E-state index in [-0.39, 0.29) is 24.0 Å². The molecular weight excluding hydrogens is 449 g/mol. The molecule has 7 heteroatoms. The van der Waals surface area contributed by atoms with Crippen LogP contribution in [-0.4, -0.2) is 32.1 Å². The number of benzene rings is 2. The lowest BCUT2D eigenvalue weighted by atomic mass is 10.2. The molecule has 1 aliphatic rings. The molecule has 2 N–H and O–H groups in total. The first-order valence-corrected chi connectivity index (χ1v) is 8.84. The molecule has 0 aromatic heterocycles. The highest BCUT2D eigenvalue weighted by atomic mass is 127. The van der Waals surface area contributed by atoms with Gasteiger partial charge in [0.1, 0.15) is 0 Å². The zero-order valence-electron chi connectivity index (χ0n) is 14.0. The van der Waals surface area contributed by atoms with E-state index in [1.54, 1.807) is 7.05 Å². The van der Waals surface area contributed by atoms with Crippen LogP contribution in [0.15, 0.2) is 58.4 Å². The fourth-order valence-corrected chi connectivity index (χ4v) is 3.10. The van der Waals surface area contributed by atoms with Crippen molar-refractivity contribution < 1.29 is 9.47 Å². The van der Waals surface area contributed by atoms with Gasteiger partial charge in [-0.15, -0.1) is 35.7 Å². The highest BCUT2D eigenvalue weighted by molar-refractivity contribution is 14.0. The second kappa shape index (κ2) is 10.4. The van der Waals surface area contributed by atoms with Crippen LogP contribution in [0.3, 0.4) is 0 Å². The Kier molecular flexibility index (Phi) is 8.20. The normalized spacial score (nSPS) is 12.4. The van der Waals surface area contributed by atoms with Crippen LogP contribution >= 0.6 is 35.7 Å². The summed E-state index contributed by atoms with van der Waals surface area (Å²) in [6, 6.07) is 16.3. The van der Waals surface area contributed by atoms with E-state index in [9.17, 15) is 0 Å². The van der Waals surface area contributed by atoms with Gasteiger partial charge in [0.15, 0.2) is 17.5 Å². The van der Waals surface area contributed by atoms with E-state index >= 15 is 0 Å². The Balaban J connectivity index is 0.00000225. The molecule has 0 fully saturated rings. The number of fused-ring (bicyclic) bond motifs is 1. The molecule has 5 nitrogen and oxygen atoms in total. The molecule has 0 amide bonds. The van der Waals surface area contributed by atoms with Gasteiger partial charge in [-0.3, -0.25) is 4.99 Å². The molecule has 2 aromatic rings. The molecule has 0 radical (unpaired) electrons. The molecule has 0 saturated heterocycles. The molecule has 3 rings (SSSR count). The number of rotatable bonds is 6. The number of hydrogen-bond donors (Lipinski definition) is 2. The molecule has 1 heterocycles. The first-order valence-electron chi connectivity index (χ1n) is 7.86. The van der Waals surface area contributed by atoms with E-state index < -0.39 is 0 Å². The van der Waals surface area contributed by atoms with Crippen molar-refractivity contribution in [3.05, 3.63) is 54.1 Å². The molecule has 0 spiro atoms. The maximum absolute atomic E-state index is 5.40. The van der Waals surface area contributed by atoms with Gasteiger partial charge < -0.3 is 20.1 Å². The largest absolute Gasteiger partial charge is 0.454 e. The van der Waals surface area contributed by atoms with Crippen molar-refractivity contribution in [1.82, 2.24) is 10.6 Å². The van der Waals surface area contributed by atoms with Crippen molar-refractivity contribution in [2.24, 2.45) is 4.99 Å². The van der Waals surface area contributed by atoms with E-state index in [0.29, 0.717) is 13.3 Å². The summed E-state index contributed by atoms with van der Waals surface area (Å²) in [6.45, 7) is 1.83. The minimum absolute atomic E-state index is 0. The van der Waals surface area contributed by atoms with E-state index in [4.69, 9.17) is 9.47 Å². The summed E-state index contributed by atoms with van der Waals surface area (Å²) in [7, 11) is 1.78. The number of hydrogen-bond acceptors (Lipinski definition) is 4. The summed E-state index contributed by atoms with van der Waals surface area (Å²) in [6.07, 6.45) is 0. The number of guanidine groups is 1. The minimum Gasteiger partial charge on any atom is -0.454 e. The molecule has 0 atom stereocenters. The van der Waals surface area contributed by atoms with Gasteiger partial charge in [-0.05, 0) is 29.8 Å². The molecule has 134 valence electrons. The Morgan fingerprint density at radius 2 is 1.88 bits per heavy atom. The summed E-state index contributed by atoms with van der Waals surface area (Å²) in [5.41, 5.74) is 1.13. The fourth-order valence-electron chi connectivity index (χ4n) is 2.31. The van der Waals surface area contributed by atoms with Gasteiger partial charge >= 0.3 is 0 Å². The SMILES string of the molecule is CN=C(NCCSc1ccccc1)NCc1ccc2c(c1)OCO2.I. The summed E-state index contributed by atoms with van der Waals surface area (Å²) < 4.78 is 10.7. The van der Waals surface area contributed by atoms with Crippen LogP contribution in [0.25, 0.3) is 0 Å². The van der Waals surface area contributed by atoms with Crippen molar-refractivity contribution in [2.75, 3.05) is 26.1 Å². The zero-order chi connectivity index (χ0) is 16.6. The Bertz CT molecular complexity index is 698. The zero-order valence-corrected chi connectivity index (χ0v) is 17.2. The third-order valence-electron chi connectivity index (χ3n) is 3.53. The quantitative estimate of drug-likeness (QED) is 0.222. The number of halogens is 1. The summed E-state index contributed by atoms with van der Waals surface area (Å²) in [5, 5.41) is 6.63. The van der Waals surface area contributed by atoms with Gasteiger partial charge in [-0.2, -0.15) is 0 Å². The van der Waals surface area contributed by atoms with Crippen molar-refractivity contribution >= 4 is 41.7 Å². The molecule has 25 heavy (non-hydrogen) atoms. The predicted molar refractivity (Wildman–Crippen MR) is 113 cm³/mol. The molecule has 0 unspecified atom stereocenters. The molecule has 1 aliphatic heterocycles. The summed E-state index contributed by atoms with van der Waals surface area (Å²) >= 11 is 1.83. The van der Waals surface area contributed by atoms with Crippen LogP contribution < -0.4 is 20.1 Å². The maximum atomic E-state index is 5.40. The van der Waals surface area contributed by atoms with Crippen molar-refractivity contribution in [2.45, 2.75) is 11.4 Å². The van der Waals surface area contributed by atoms with E-state index in [2.05, 4.69) is 39.9 Å². The monoisotopic (exact) mass is 471 g/mol. The maximum Gasteiger partial charge on any atom is 0.231 e. The number of nitrogens with one attached hydrogen (secondary N) is 2. The molecule has 2 aromatic carbocycles.